The summed E-state index contributed by atoms with van der Waals surface area (Å²) in [6.07, 6.45) is 1.47. The largest absolute Gasteiger partial charge is 0.478 e. The number of carboxylic acids is 1. The maximum Gasteiger partial charge on any atom is 0.336 e. The topological polar surface area (TPSA) is 83.9 Å². The van der Waals surface area contributed by atoms with E-state index in [4.69, 9.17) is 17.0 Å². The van der Waals surface area contributed by atoms with Gasteiger partial charge in [0.1, 0.15) is 10.9 Å². The Bertz CT molecular complexity index is 757. The molecule has 0 spiro atoms. The number of thioether (sulfide) groups is 1. The van der Waals surface area contributed by atoms with Crippen LogP contribution >= 0.6 is 24.0 Å². The molecule has 0 unspecified atom stereocenters. The van der Waals surface area contributed by atoms with E-state index in [1.54, 1.807) is 18.2 Å². The van der Waals surface area contributed by atoms with E-state index in [1.165, 1.54) is 12.1 Å². The monoisotopic (exact) mass is 379 g/mol. The average molecular weight is 379 g/mol. The molecular formula is C17H17NO5S2. The van der Waals surface area contributed by atoms with Crippen LogP contribution in [-0.2, 0) is 14.3 Å². The Morgan fingerprint density at radius 3 is 2.68 bits per heavy atom. The number of carbonyl (C=O) groups is 3. The molecule has 1 aliphatic heterocycles. The average Bonchev–Trinajstić information content (AvgIpc) is 2.81. The molecule has 0 atom stereocenters. The number of hydrogen-bond donors (Lipinski definition) is 1. The molecule has 1 amide bonds. The fraction of sp³-hybridized carbons (Fsp3) is 0.294. The summed E-state index contributed by atoms with van der Waals surface area (Å²) in [7, 11) is 0. The Balaban J connectivity index is 2.16. The number of nitrogens with zero attached hydrogens (tertiary/aromatic N) is 1. The van der Waals surface area contributed by atoms with Crippen LogP contribution in [0.1, 0.15) is 29.8 Å². The van der Waals surface area contributed by atoms with Gasteiger partial charge in [0.25, 0.3) is 5.91 Å². The lowest BCUT2D eigenvalue weighted by Gasteiger charge is -2.14. The Labute approximate surface area is 154 Å². The van der Waals surface area contributed by atoms with Crippen LogP contribution in [0.5, 0.6) is 0 Å². The van der Waals surface area contributed by atoms with Gasteiger partial charge in [-0.25, -0.2) is 4.79 Å². The van der Waals surface area contributed by atoms with E-state index in [0.717, 1.165) is 16.7 Å². The second kappa shape index (κ2) is 8.26. The van der Waals surface area contributed by atoms with Crippen molar-refractivity contribution in [1.29, 1.82) is 0 Å². The molecule has 132 valence electrons. The van der Waals surface area contributed by atoms with Crippen molar-refractivity contribution in [1.82, 2.24) is 4.90 Å². The second-order valence-corrected chi connectivity index (χ2v) is 7.41. The van der Waals surface area contributed by atoms with Crippen LogP contribution in [0.15, 0.2) is 29.2 Å². The number of hydrogen-bond acceptors (Lipinski definition) is 6. The van der Waals surface area contributed by atoms with Crippen LogP contribution in [0.4, 0.5) is 0 Å². The Kier molecular flexibility index (Phi) is 6.33. The summed E-state index contributed by atoms with van der Waals surface area (Å²) in [5.41, 5.74) is 0.488. The molecular weight excluding hydrogens is 362 g/mol. The normalized spacial score (nSPS) is 16.0. The lowest BCUT2D eigenvalue weighted by atomic mass is 10.1. The van der Waals surface area contributed by atoms with Gasteiger partial charge in [0.15, 0.2) is 0 Å². The summed E-state index contributed by atoms with van der Waals surface area (Å²) in [4.78, 5) is 37.0. The van der Waals surface area contributed by atoms with E-state index in [2.05, 4.69) is 0 Å². The van der Waals surface area contributed by atoms with E-state index >= 15 is 0 Å². The summed E-state index contributed by atoms with van der Waals surface area (Å²) in [5.74, 6) is -1.85. The minimum atomic E-state index is -1.08. The molecule has 1 aromatic rings. The summed E-state index contributed by atoms with van der Waals surface area (Å²) < 4.78 is 5.31. The molecule has 0 aliphatic carbocycles. The highest BCUT2D eigenvalue weighted by Gasteiger charge is 2.34. The predicted octanol–water partition coefficient (Wildman–Crippen LogP) is 2.79. The minimum Gasteiger partial charge on any atom is -0.478 e. The van der Waals surface area contributed by atoms with Gasteiger partial charge in [-0.2, -0.15) is 0 Å². The molecule has 2 rings (SSSR count). The van der Waals surface area contributed by atoms with Crippen LogP contribution in [0.3, 0.4) is 0 Å². The zero-order valence-corrected chi connectivity index (χ0v) is 15.4. The number of thiocarbonyl (C=S) groups is 1. The van der Waals surface area contributed by atoms with Gasteiger partial charge in [0, 0.05) is 0 Å². The van der Waals surface area contributed by atoms with E-state index in [-0.39, 0.29) is 33.9 Å². The molecule has 0 bridgehead atoms. The van der Waals surface area contributed by atoms with Gasteiger partial charge >= 0.3 is 11.9 Å². The number of carboxylic acid groups (broad SMARTS) is 1. The Morgan fingerprint density at radius 2 is 2.04 bits per heavy atom. The molecule has 0 radical (unpaired) electrons. The van der Waals surface area contributed by atoms with Crippen molar-refractivity contribution in [2.75, 3.05) is 13.2 Å². The summed E-state index contributed by atoms with van der Waals surface area (Å²) in [6.45, 7) is 3.84. The third-order valence-electron chi connectivity index (χ3n) is 3.22. The predicted molar refractivity (Wildman–Crippen MR) is 99.1 cm³/mol. The van der Waals surface area contributed by atoms with Gasteiger partial charge in [-0.05, 0) is 23.6 Å². The van der Waals surface area contributed by atoms with E-state index < -0.39 is 17.8 Å². The van der Waals surface area contributed by atoms with Crippen LogP contribution in [-0.4, -0.2) is 45.3 Å². The highest BCUT2D eigenvalue weighted by atomic mass is 32.2. The minimum absolute atomic E-state index is 0.0871. The molecule has 25 heavy (non-hydrogen) atoms. The molecule has 6 nitrogen and oxygen atoms in total. The Morgan fingerprint density at radius 1 is 1.36 bits per heavy atom. The van der Waals surface area contributed by atoms with Gasteiger partial charge in [0.2, 0.25) is 0 Å². The number of rotatable bonds is 6. The lowest BCUT2D eigenvalue weighted by molar-refractivity contribution is -0.147. The highest BCUT2D eigenvalue weighted by Crippen LogP contribution is 2.33. The summed E-state index contributed by atoms with van der Waals surface area (Å²) in [5, 5.41) is 9.21. The van der Waals surface area contributed by atoms with Gasteiger partial charge in [-0.15, -0.1) is 0 Å². The Hall–Kier alpha value is -2.19. The zero-order chi connectivity index (χ0) is 18.6. The third kappa shape index (κ3) is 4.90. The number of benzene rings is 1. The van der Waals surface area contributed by atoms with Crippen LogP contribution < -0.4 is 0 Å². The third-order valence-corrected chi connectivity index (χ3v) is 4.59. The zero-order valence-electron chi connectivity index (χ0n) is 13.7. The lowest BCUT2D eigenvalue weighted by Crippen LogP contribution is -2.34. The molecule has 1 aromatic carbocycles. The van der Waals surface area contributed by atoms with Crippen molar-refractivity contribution in [3.63, 3.8) is 0 Å². The van der Waals surface area contributed by atoms with Crippen LogP contribution in [0.2, 0.25) is 0 Å². The van der Waals surface area contributed by atoms with Gasteiger partial charge in [0.05, 0.1) is 17.1 Å². The number of ether oxygens (including phenoxy) is 1. The molecule has 8 heteroatoms. The molecule has 1 fully saturated rings. The van der Waals surface area contributed by atoms with Crippen molar-refractivity contribution in [2.24, 2.45) is 5.92 Å². The van der Waals surface area contributed by atoms with Gasteiger partial charge < -0.3 is 9.84 Å². The maximum absolute atomic E-state index is 12.5. The van der Waals surface area contributed by atoms with Crippen molar-refractivity contribution < 1.29 is 24.2 Å². The first-order chi connectivity index (χ1) is 11.8. The summed E-state index contributed by atoms with van der Waals surface area (Å²) in [6, 6.07) is 6.35. The smallest absolute Gasteiger partial charge is 0.336 e. The van der Waals surface area contributed by atoms with E-state index in [9.17, 15) is 19.5 Å². The first-order valence-electron chi connectivity index (χ1n) is 7.53. The fourth-order valence-electron chi connectivity index (χ4n) is 2.03. The fourth-order valence-corrected chi connectivity index (χ4v) is 3.28. The van der Waals surface area contributed by atoms with Crippen molar-refractivity contribution in [3.8, 4) is 0 Å². The second-order valence-electron chi connectivity index (χ2n) is 5.74. The van der Waals surface area contributed by atoms with Gasteiger partial charge in [-0.1, -0.05) is 56.0 Å². The standard InChI is InChI=1S/C17H17NO5S2/c1-10(2)9-23-14(19)8-18-15(20)13(25-17(18)24)7-11-5-3-4-6-12(11)16(21)22/h3-7,10H,8-9H2,1-2H3,(H,21,22)/b13-7-. The van der Waals surface area contributed by atoms with Crippen molar-refractivity contribution >= 4 is 52.2 Å². The molecule has 1 heterocycles. The first-order valence-corrected chi connectivity index (χ1v) is 8.75. The van der Waals surface area contributed by atoms with Gasteiger partial charge in [-0.3, -0.25) is 14.5 Å². The molecule has 1 saturated heterocycles. The first kappa shape index (κ1) is 19.1. The quantitative estimate of drug-likeness (QED) is 0.462. The maximum atomic E-state index is 12.5. The molecule has 0 aromatic heterocycles. The molecule has 1 aliphatic rings. The number of aromatic carboxylic acids is 1. The van der Waals surface area contributed by atoms with Crippen molar-refractivity contribution in [2.45, 2.75) is 13.8 Å². The highest BCUT2D eigenvalue weighted by molar-refractivity contribution is 8.26. The number of esters is 1. The SMILES string of the molecule is CC(C)COC(=O)CN1C(=O)/C(=C/c2ccccc2C(=O)O)SC1=S. The van der Waals surface area contributed by atoms with Crippen LogP contribution in [0.25, 0.3) is 6.08 Å². The van der Waals surface area contributed by atoms with Crippen LogP contribution in [0, 0.1) is 5.92 Å². The number of amides is 1. The van der Waals surface area contributed by atoms with E-state index in [0.29, 0.717) is 5.56 Å². The molecule has 0 saturated carbocycles. The summed E-state index contributed by atoms with van der Waals surface area (Å²) >= 11 is 6.18. The number of carbonyl (C=O) groups excluding carboxylic acids is 2. The van der Waals surface area contributed by atoms with Crippen molar-refractivity contribution in [3.05, 3.63) is 40.3 Å². The van der Waals surface area contributed by atoms with E-state index in [1.807, 2.05) is 13.8 Å². The molecule has 1 N–H and O–H groups in total.